The molecule has 1 N–H and O–H groups in total. The van der Waals surface area contributed by atoms with Crippen LogP contribution in [0.2, 0.25) is 0 Å². The number of ether oxygens (including phenoxy) is 1. The van der Waals surface area contributed by atoms with E-state index in [9.17, 15) is 18.8 Å². The van der Waals surface area contributed by atoms with E-state index in [0.29, 0.717) is 16.6 Å². The molecule has 3 aromatic rings. The molecule has 1 aromatic heterocycles. The number of para-hydroxylation sites is 1. The predicted molar refractivity (Wildman–Crippen MR) is 96.6 cm³/mol. The SMILES string of the molecule is CC(OC(=O)Cn1cnc2ccccc2c1=O)C(=O)Nc1ccc(F)cc1. The van der Waals surface area contributed by atoms with Gasteiger partial charge in [0.1, 0.15) is 12.4 Å². The molecule has 0 saturated carbocycles. The zero-order valence-corrected chi connectivity index (χ0v) is 14.4. The minimum Gasteiger partial charge on any atom is -0.451 e. The summed E-state index contributed by atoms with van der Waals surface area (Å²) < 4.78 is 19.1. The number of nitrogens with zero attached hydrogens (tertiary/aromatic N) is 2. The molecule has 3 rings (SSSR count). The summed E-state index contributed by atoms with van der Waals surface area (Å²) in [4.78, 5) is 40.6. The summed E-state index contributed by atoms with van der Waals surface area (Å²) in [6.07, 6.45) is 0.168. The second-order valence-corrected chi connectivity index (χ2v) is 5.82. The van der Waals surface area contributed by atoms with Crippen LogP contribution >= 0.6 is 0 Å². The van der Waals surface area contributed by atoms with Crippen LogP contribution in [-0.4, -0.2) is 27.5 Å². The number of carbonyl (C=O) groups is 2. The Morgan fingerprint density at radius 3 is 2.63 bits per heavy atom. The van der Waals surface area contributed by atoms with Crippen LogP contribution < -0.4 is 10.9 Å². The molecule has 0 aliphatic carbocycles. The van der Waals surface area contributed by atoms with Gasteiger partial charge in [0.25, 0.3) is 11.5 Å². The highest BCUT2D eigenvalue weighted by Crippen LogP contribution is 2.09. The lowest BCUT2D eigenvalue weighted by atomic mass is 10.2. The van der Waals surface area contributed by atoms with Gasteiger partial charge in [0, 0.05) is 5.69 Å². The van der Waals surface area contributed by atoms with Crippen molar-refractivity contribution in [3.8, 4) is 0 Å². The third-order valence-electron chi connectivity index (χ3n) is 3.82. The molecule has 7 nitrogen and oxygen atoms in total. The molecule has 0 fully saturated rings. The molecule has 1 heterocycles. The van der Waals surface area contributed by atoms with Crippen molar-refractivity contribution in [2.24, 2.45) is 0 Å². The lowest BCUT2D eigenvalue weighted by Crippen LogP contribution is -2.33. The fourth-order valence-electron chi connectivity index (χ4n) is 2.42. The topological polar surface area (TPSA) is 90.3 Å². The smallest absolute Gasteiger partial charge is 0.326 e. The van der Waals surface area contributed by atoms with E-state index in [4.69, 9.17) is 4.74 Å². The van der Waals surface area contributed by atoms with Crippen LogP contribution in [0, 0.1) is 5.82 Å². The van der Waals surface area contributed by atoms with E-state index in [1.54, 1.807) is 24.3 Å². The van der Waals surface area contributed by atoms with Crippen molar-refractivity contribution in [3.05, 3.63) is 71.0 Å². The first-order valence-electron chi connectivity index (χ1n) is 8.14. The van der Waals surface area contributed by atoms with Crippen LogP contribution in [-0.2, 0) is 20.9 Å². The zero-order valence-electron chi connectivity index (χ0n) is 14.4. The number of fused-ring (bicyclic) bond motifs is 1. The highest BCUT2D eigenvalue weighted by molar-refractivity contribution is 5.95. The normalized spacial score (nSPS) is 11.8. The summed E-state index contributed by atoms with van der Waals surface area (Å²) in [6.45, 7) is 1.03. The number of rotatable bonds is 5. The van der Waals surface area contributed by atoms with Crippen LogP contribution in [0.25, 0.3) is 10.9 Å². The zero-order chi connectivity index (χ0) is 19.4. The molecule has 0 spiro atoms. The molecule has 1 atom stereocenters. The molecule has 138 valence electrons. The van der Waals surface area contributed by atoms with Crippen LogP contribution in [0.4, 0.5) is 10.1 Å². The molecule has 0 aliphatic heterocycles. The van der Waals surface area contributed by atoms with Crippen molar-refractivity contribution >= 4 is 28.5 Å². The lowest BCUT2D eigenvalue weighted by Gasteiger charge is -2.14. The Morgan fingerprint density at radius 1 is 1.19 bits per heavy atom. The van der Waals surface area contributed by atoms with Gasteiger partial charge in [-0.05, 0) is 43.3 Å². The van der Waals surface area contributed by atoms with E-state index in [0.717, 1.165) is 4.57 Å². The quantitative estimate of drug-likeness (QED) is 0.696. The molecule has 0 aliphatic rings. The summed E-state index contributed by atoms with van der Waals surface area (Å²) in [5, 5.41) is 2.89. The molecule has 1 unspecified atom stereocenters. The number of amides is 1. The van der Waals surface area contributed by atoms with E-state index in [2.05, 4.69) is 10.3 Å². The van der Waals surface area contributed by atoms with Gasteiger partial charge in [-0.25, -0.2) is 9.37 Å². The number of nitrogens with one attached hydrogen (secondary N) is 1. The Bertz CT molecular complexity index is 1050. The van der Waals surface area contributed by atoms with Crippen LogP contribution in [0.1, 0.15) is 6.92 Å². The van der Waals surface area contributed by atoms with E-state index in [-0.39, 0.29) is 12.1 Å². The summed E-state index contributed by atoms with van der Waals surface area (Å²) in [7, 11) is 0. The average molecular weight is 369 g/mol. The first kappa shape index (κ1) is 18.2. The molecule has 1 amide bonds. The van der Waals surface area contributed by atoms with Gasteiger partial charge in [-0.15, -0.1) is 0 Å². The Labute approximate surface area is 153 Å². The van der Waals surface area contributed by atoms with Crippen molar-refractivity contribution in [3.63, 3.8) is 0 Å². The summed E-state index contributed by atoms with van der Waals surface area (Å²) in [5.41, 5.74) is 0.527. The largest absolute Gasteiger partial charge is 0.451 e. The maximum Gasteiger partial charge on any atom is 0.326 e. The number of aromatic nitrogens is 2. The van der Waals surface area contributed by atoms with Gasteiger partial charge >= 0.3 is 5.97 Å². The fourth-order valence-corrected chi connectivity index (χ4v) is 2.42. The maximum absolute atomic E-state index is 12.9. The van der Waals surface area contributed by atoms with E-state index in [1.807, 2.05) is 0 Å². The molecule has 27 heavy (non-hydrogen) atoms. The standard InChI is InChI=1S/C19H16FN3O4/c1-12(18(25)22-14-8-6-13(20)7-9-14)27-17(24)10-23-11-21-16-5-3-2-4-15(16)19(23)26/h2-9,11-12H,10H2,1H3,(H,22,25). The number of benzene rings is 2. The van der Waals surface area contributed by atoms with Gasteiger partial charge in [-0.2, -0.15) is 0 Å². The molecular weight excluding hydrogens is 353 g/mol. The average Bonchev–Trinajstić information content (AvgIpc) is 2.66. The second-order valence-electron chi connectivity index (χ2n) is 5.82. The Balaban J connectivity index is 1.63. The second kappa shape index (κ2) is 7.77. The summed E-state index contributed by atoms with van der Waals surface area (Å²) in [6, 6.07) is 12.0. The molecule has 0 radical (unpaired) electrons. The van der Waals surface area contributed by atoms with Crippen LogP contribution in [0.3, 0.4) is 0 Å². The summed E-state index contributed by atoms with van der Waals surface area (Å²) >= 11 is 0. The van der Waals surface area contributed by atoms with Crippen molar-refractivity contribution in [1.82, 2.24) is 9.55 Å². The maximum atomic E-state index is 12.9. The van der Waals surface area contributed by atoms with Gasteiger partial charge < -0.3 is 10.1 Å². The van der Waals surface area contributed by atoms with Gasteiger partial charge in [0.2, 0.25) is 0 Å². The molecule has 0 bridgehead atoms. The summed E-state index contributed by atoms with van der Waals surface area (Å²) in [5.74, 6) is -1.75. The van der Waals surface area contributed by atoms with E-state index >= 15 is 0 Å². The third kappa shape index (κ3) is 4.35. The lowest BCUT2D eigenvalue weighted by molar-refractivity contribution is -0.153. The van der Waals surface area contributed by atoms with E-state index < -0.39 is 23.8 Å². The van der Waals surface area contributed by atoms with E-state index in [1.165, 1.54) is 37.5 Å². The number of carbonyl (C=O) groups excluding carboxylic acids is 2. The van der Waals surface area contributed by atoms with Crippen LogP contribution in [0.15, 0.2) is 59.7 Å². The van der Waals surface area contributed by atoms with Crippen molar-refractivity contribution in [2.45, 2.75) is 19.6 Å². The third-order valence-corrected chi connectivity index (χ3v) is 3.82. The Hall–Kier alpha value is -3.55. The van der Waals surface area contributed by atoms with Gasteiger partial charge in [-0.1, -0.05) is 12.1 Å². The highest BCUT2D eigenvalue weighted by Gasteiger charge is 2.19. The minimum absolute atomic E-state index is 0.370. The minimum atomic E-state index is -1.09. The molecule has 0 saturated heterocycles. The van der Waals surface area contributed by atoms with Gasteiger partial charge in [0.15, 0.2) is 6.10 Å². The Morgan fingerprint density at radius 2 is 1.89 bits per heavy atom. The number of hydrogen-bond acceptors (Lipinski definition) is 5. The predicted octanol–water partition coefficient (Wildman–Crippen LogP) is 2.11. The Kier molecular flexibility index (Phi) is 5.25. The highest BCUT2D eigenvalue weighted by atomic mass is 19.1. The van der Waals surface area contributed by atoms with Crippen LogP contribution in [0.5, 0.6) is 0 Å². The molecule has 8 heteroatoms. The fraction of sp³-hybridized carbons (Fsp3) is 0.158. The molecule has 2 aromatic carbocycles. The van der Waals surface area contributed by atoms with Gasteiger partial charge in [0.05, 0.1) is 17.2 Å². The van der Waals surface area contributed by atoms with Crippen molar-refractivity contribution in [2.75, 3.05) is 5.32 Å². The first-order valence-corrected chi connectivity index (χ1v) is 8.14. The monoisotopic (exact) mass is 369 g/mol. The number of anilines is 1. The first-order chi connectivity index (χ1) is 12.9. The van der Waals surface area contributed by atoms with Crippen molar-refractivity contribution < 1.29 is 18.7 Å². The number of halogens is 1. The number of hydrogen-bond donors (Lipinski definition) is 1. The number of esters is 1. The molecular formula is C19H16FN3O4. The van der Waals surface area contributed by atoms with Gasteiger partial charge in [-0.3, -0.25) is 19.0 Å². The van der Waals surface area contributed by atoms with Crippen molar-refractivity contribution in [1.29, 1.82) is 0 Å².